The van der Waals surface area contributed by atoms with Gasteiger partial charge in [-0.15, -0.1) is 0 Å². The zero-order valence-electron chi connectivity index (χ0n) is 13.4. The van der Waals surface area contributed by atoms with Gasteiger partial charge in [-0.1, -0.05) is 35.9 Å². The van der Waals surface area contributed by atoms with E-state index in [1.165, 1.54) is 5.56 Å². The highest BCUT2D eigenvalue weighted by Crippen LogP contribution is 2.30. The molecule has 1 aliphatic rings. The van der Waals surface area contributed by atoms with Gasteiger partial charge in [-0.25, -0.2) is 9.97 Å². The predicted molar refractivity (Wildman–Crippen MR) is 92.4 cm³/mol. The lowest BCUT2D eigenvalue weighted by Crippen LogP contribution is -2.37. The van der Waals surface area contributed by atoms with Crippen LogP contribution in [0, 0.1) is 6.92 Å². The van der Waals surface area contributed by atoms with E-state index in [4.69, 9.17) is 22.1 Å². The van der Waals surface area contributed by atoms with Crippen molar-refractivity contribution in [3.8, 4) is 11.3 Å². The van der Waals surface area contributed by atoms with E-state index in [1.807, 2.05) is 19.1 Å². The summed E-state index contributed by atoms with van der Waals surface area (Å²) in [5.74, 6) is 0.243. The molecule has 2 heterocycles. The highest BCUT2D eigenvalue weighted by molar-refractivity contribution is 6.33. The molecule has 0 bridgehead atoms. The van der Waals surface area contributed by atoms with Crippen LogP contribution in [0.25, 0.3) is 11.3 Å². The molecule has 0 amide bonds. The summed E-state index contributed by atoms with van der Waals surface area (Å²) < 4.78 is 5.42. The molecule has 122 valence electrons. The average molecular weight is 333 g/mol. The number of aromatic nitrogens is 2. The van der Waals surface area contributed by atoms with Crippen LogP contribution in [0.5, 0.6) is 0 Å². The Hall–Kier alpha value is -1.69. The first-order valence-electron chi connectivity index (χ1n) is 7.78. The van der Waals surface area contributed by atoms with Gasteiger partial charge in [0, 0.05) is 24.7 Å². The smallest absolute Gasteiger partial charge is 0.220 e. The first-order chi connectivity index (χ1) is 11.1. The lowest BCUT2D eigenvalue weighted by molar-refractivity contribution is 0.0198. The van der Waals surface area contributed by atoms with E-state index in [9.17, 15) is 0 Å². The fourth-order valence-corrected chi connectivity index (χ4v) is 3.06. The number of hydrogen-bond donors (Lipinski definition) is 1. The zero-order chi connectivity index (χ0) is 16.4. The first kappa shape index (κ1) is 16.2. The summed E-state index contributed by atoms with van der Waals surface area (Å²) in [7, 11) is 0. The number of benzene rings is 1. The Morgan fingerprint density at radius 2 is 1.83 bits per heavy atom. The lowest BCUT2D eigenvalue weighted by Gasteiger charge is -2.32. The molecule has 1 aromatic heterocycles. The van der Waals surface area contributed by atoms with Crippen molar-refractivity contribution in [3.05, 3.63) is 40.5 Å². The minimum atomic E-state index is 0.243. The number of nitrogen functional groups attached to an aromatic ring is 1. The quantitative estimate of drug-likeness (QED) is 0.935. The fourth-order valence-electron chi connectivity index (χ4n) is 2.87. The number of ether oxygens (including phenoxy) is 1. The van der Waals surface area contributed by atoms with Gasteiger partial charge < -0.3 is 10.5 Å². The van der Waals surface area contributed by atoms with Gasteiger partial charge in [-0.05, 0) is 19.4 Å². The third kappa shape index (κ3) is 3.47. The van der Waals surface area contributed by atoms with Crippen LogP contribution in [0.2, 0.25) is 5.02 Å². The molecule has 6 heteroatoms. The zero-order valence-corrected chi connectivity index (χ0v) is 14.2. The monoisotopic (exact) mass is 332 g/mol. The van der Waals surface area contributed by atoms with Crippen molar-refractivity contribution in [1.29, 1.82) is 0 Å². The SMILES string of the molecule is Cc1nc(N)nc(-c2ccc([C@@H](C)N3CCOCC3)cc2)c1Cl. The molecule has 2 aromatic rings. The summed E-state index contributed by atoms with van der Waals surface area (Å²) in [5.41, 5.74) is 9.34. The number of hydrogen-bond acceptors (Lipinski definition) is 5. The normalized spacial score (nSPS) is 17.2. The maximum Gasteiger partial charge on any atom is 0.220 e. The van der Waals surface area contributed by atoms with Crippen molar-refractivity contribution >= 4 is 17.5 Å². The molecule has 1 saturated heterocycles. The van der Waals surface area contributed by atoms with Crippen LogP contribution in [0.15, 0.2) is 24.3 Å². The number of aryl methyl sites for hydroxylation is 1. The minimum Gasteiger partial charge on any atom is -0.379 e. The Labute approximate surface area is 141 Å². The van der Waals surface area contributed by atoms with E-state index in [0.717, 1.165) is 31.9 Å². The molecule has 1 aromatic carbocycles. The van der Waals surface area contributed by atoms with E-state index in [2.05, 4.69) is 33.9 Å². The van der Waals surface area contributed by atoms with Crippen LogP contribution in [0.1, 0.15) is 24.2 Å². The van der Waals surface area contributed by atoms with Crippen molar-refractivity contribution in [2.75, 3.05) is 32.0 Å². The predicted octanol–water partition coefficient (Wildman–Crippen LogP) is 3.08. The van der Waals surface area contributed by atoms with Crippen LogP contribution >= 0.6 is 11.6 Å². The fraction of sp³-hybridized carbons (Fsp3) is 0.412. The summed E-state index contributed by atoms with van der Waals surface area (Å²) >= 11 is 6.32. The van der Waals surface area contributed by atoms with E-state index in [1.54, 1.807) is 0 Å². The lowest BCUT2D eigenvalue weighted by atomic mass is 10.0. The summed E-state index contributed by atoms with van der Waals surface area (Å²) in [6, 6.07) is 8.69. The minimum absolute atomic E-state index is 0.243. The summed E-state index contributed by atoms with van der Waals surface area (Å²) in [6.07, 6.45) is 0. The molecular formula is C17H21ClN4O. The molecule has 23 heavy (non-hydrogen) atoms. The molecule has 0 spiro atoms. The van der Waals surface area contributed by atoms with Gasteiger partial charge in [-0.3, -0.25) is 4.90 Å². The molecule has 1 atom stereocenters. The van der Waals surface area contributed by atoms with Gasteiger partial charge in [-0.2, -0.15) is 0 Å². The maximum absolute atomic E-state index is 6.32. The summed E-state index contributed by atoms with van der Waals surface area (Å²) in [6.45, 7) is 7.60. The van der Waals surface area contributed by atoms with Gasteiger partial charge in [0.25, 0.3) is 0 Å². The summed E-state index contributed by atoms with van der Waals surface area (Å²) in [4.78, 5) is 10.8. The Morgan fingerprint density at radius 1 is 1.17 bits per heavy atom. The molecule has 3 rings (SSSR count). The second-order valence-corrected chi connectivity index (χ2v) is 6.15. The second-order valence-electron chi connectivity index (χ2n) is 5.78. The van der Waals surface area contributed by atoms with Gasteiger partial charge in [0.2, 0.25) is 5.95 Å². The summed E-state index contributed by atoms with van der Waals surface area (Å²) in [5, 5.41) is 0.549. The molecule has 1 aliphatic heterocycles. The van der Waals surface area contributed by atoms with E-state index < -0.39 is 0 Å². The second kappa shape index (κ2) is 6.83. The Kier molecular flexibility index (Phi) is 4.80. The third-order valence-electron chi connectivity index (χ3n) is 4.29. The van der Waals surface area contributed by atoms with Gasteiger partial charge in [0.1, 0.15) is 0 Å². The van der Waals surface area contributed by atoms with Crippen LogP contribution in [0.3, 0.4) is 0 Å². The molecule has 0 unspecified atom stereocenters. The standard InChI is InChI=1S/C17H21ClN4O/c1-11-15(18)16(21-17(19)20-11)14-5-3-13(4-6-14)12(2)22-7-9-23-10-8-22/h3-6,12H,7-10H2,1-2H3,(H2,19,20,21)/t12-/m1/s1. The molecule has 2 N–H and O–H groups in total. The van der Waals surface area contributed by atoms with Gasteiger partial charge in [0.05, 0.1) is 29.6 Å². The average Bonchev–Trinajstić information content (AvgIpc) is 2.58. The Balaban J connectivity index is 1.85. The van der Waals surface area contributed by atoms with Crippen molar-refractivity contribution < 1.29 is 4.74 Å². The molecular weight excluding hydrogens is 312 g/mol. The highest BCUT2D eigenvalue weighted by atomic mass is 35.5. The van der Waals surface area contributed by atoms with Crippen molar-refractivity contribution in [2.24, 2.45) is 0 Å². The first-order valence-corrected chi connectivity index (χ1v) is 8.16. The number of nitrogens with two attached hydrogens (primary N) is 1. The molecule has 5 nitrogen and oxygen atoms in total. The van der Waals surface area contributed by atoms with Crippen molar-refractivity contribution in [3.63, 3.8) is 0 Å². The molecule has 0 radical (unpaired) electrons. The Morgan fingerprint density at radius 3 is 2.48 bits per heavy atom. The highest BCUT2D eigenvalue weighted by Gasteiger charge is 2.19. The van der Waals surface area contributed by atoms with Crippen molar-refractivity contribution in [2.45, 2.75) is 19.9 Å². The topological polar surface area (TPSA) is 64.3 Å². The molecule has 0 aliphatic carbocycles. The van der Waals surface area contributed by atoms with E-state index >= 15 is 0 Å². The third-order valence-corrected chi connectivity index (χ3v) is 4.75. The Bertz CT molecular complexity index is 684. The van der Waals surface area contributed by atoms with Crippen LogP contribution in [0.4, 0.5) is 5.95 Å². The molecule has 1 fully saturated rings. The number of halogens is 1. The maximum atomic E-state index is 6.32. The van der Waals surface area contributed by atoms with Gasteiger partial charge in [0.15, 0.2) is 0 Å². The van der Waals surface area contributed by atoms with Gasteiger partial charge >= 0.3 is 0 Å². The van der Waals surface area contributed by atoms with Crippen LogP contribution in [-0.2, 0) is 4.74 Å². The number of rotatable bonds is 3. The number of morpholine rings is 1. The van der Waals surface area contributed by atoms with Crippen LogP contribution < -0.4 is 5.73 Å². The van der Waals surface area contributed by atoms with Crippen LogP contribution in [-0.4, -0.2) is 41.2 Å². The van der Waals surface area contributed by atoms with Crippen molar-refractivity contribution in [1.82, 2.24) is 14.9 Å². The number of nitrogens with zero attached hydrogens (tertiary/aromatic N) is 3. The van der Waals surface area contributed by atoms with E-state index in [-0.39, 0.29) is 5.95 Å². The number of anilines is 1. The van der Waals surface area contributed by atoms with E-state index in [0.29, 0.717) is 22.5 Å². The largest absolute Gasteiger partial charge is 0.379 e. The molecule has 0 saturated carbocycles.